The average molecular weight is 684 g/mol. The third kappa shape index (κ3) is 6.60. The van der Waals surface area contributed by atoms with Crippen LogP contribution in [0.25, 0.3) is 50.4 Å². The van der Waals surface area contributed by atoms with Gasteiger partial charge in [-0.2, -0.15) is 0 Å². The lowest BCUT2D eigenvalue weighted by Gasteiger charge is -2.20. The number of hydrogen-bond acceptors (Lipinski definition) is 3. The van der Waals surface area contributed by atoms with Gasteiger partial charge in [0.2, 0.25) is 0 Å². The van der Waals surface area contributed by atoms with Gasteiger partial charge in [0, 0.05) is 44.2 Å². The molecule has 0 saturated carbocycles. The van der Waals surface area contributed by atoms with Gasteiger partial charge in [-0.1, -0.05) is 108 Å². The molecule has 0 N–H and O–H groups in total. The van der Waals surface area contributed by atoms with Gasteiger partial charge in [0.25, 0.3) is 6.33 Å². The number of fused-ring (bicyclic) bond motifs is 3. The van der Waals surface area contributed by atoms with Crippen LogP contribution in [-0.2, 0) is 11.8 Å². The molecule has 0 radical (unpaired) electrons. The van der Waals surface area contributed by atoms with E-state index < -0.39 is 11.8 Å². The van der Waals surface area contributed by atoms with E-state index in [2.05, 4.69) is 92.3 Å². The van der Waals surface area contributed by atoms with Gasteiger partial charge in [-0.3, -0.25) is 18.7 Å². The third-order valence-electron chi connectivity index (χ3n) is 9.08. The second kappa shape index (κ2) is 13.0. The summed E-state index contributed by atoms with van der Waals surface area (Å²) in [6.45, 7) is 12.4. The molecule has 8 rings (SSSR count). The Morgan fingerprint density at radius 1 is 0.692 bits per heavy atom. The molecule has 0 aliphatic rings. The molecule has 4 aromatic carbocycles. The standard InChI is InChI=1S/C46H43N5O/c1-45(2,3)29-32-13-12-16-35(25-32)50-31-49(30-42(50)33-14-8-7-9-15-33)43-28-37(22-24-47-43)52-36-19-20-39-38-17-10-11-18-40(38)51(41(39)27-36)44-26-34(21-23-48-44)46(4,5)6/h7-28,30H,29H2,1-6H3/i29D2. The SMILES string of the molecule is [2H]C([2H])(c1cccc(-[n+]2[c-]n(-c3cc(Oc4ccc5c6ccccc6n(-c6cc(C(C)(C)C)ccn6)c5c4)ccn3)cc2-c2ccccc2)c1)C(C)(C)C. The maximum absolute atomic E-state index is 8.92. The lowest BCUT2D eigenvalue weighted by molar-refractivity contribution is -0.588. The first-order valence-corrected chi connectivity index (χ1v) is 17.7. The Labute approximate surface area is 308 Å². The average Bonchev–Trinajstić information content (AvgIpc) is 3.75. The Kier molecular flexibility index (Phi) is 7.67. The predicted molar refractivity (Wildman–Crippen MR) is 210 cm³/mol. The van der Waals surface area contributed by atoms with Crippen LogP contribution in [0.4, 0.5) is 0 Å². The Hall–Kier alpha value is -6.01. The summed E-state index contributed by atoms with van der Waals surface area (Å²) in [7, 11) is 0. The van der Waals surface area contributed by atoms with Crippen LogP contribution in [0.3, 0.4) is 0 Å². The molecule has 0 fully saturated rings. The summed E-state index contributed by atoms with van der Waals surface area (Å²) in [5.41, 5.74) is 6.00. The van der Waals surface area contributed by atoms with E-state index in [-0.39, 0.29) is 5.41 Å². The topological polar surface area (TPSA) is 48.8 Å². The van der Waals surface area contributed by atoms with E-state index in [0.29, 0.717) is 22.9 Å². The molecule has 6 nitrogen and oxygen atoms in total. The van der Waals surface area contributed by atoms with E-state index in [1.807, 2.05) is 103 Å². The van der Waals surface area contributed by atoms with Crippen LogP contribution in [0.5, 0.6) is 11.5 Å². The highest BCUT2D eigenvalue weighted by Gasteiger charge is 2.19. The second-order valence-electron chi connectivity index (χ2n) is 15.2. The molecule has 258 valence electrons. The van der Waals surface area contributed by atoms with Crippen molar-refractivity contribution in [2.75, 3.05) is 0 Å². The maximum atomic E-state index is 8.92. The second-order valence-corrected chi connectivity index (χ2v) is 15.2. The molecule has 8 aromatic rings. The number of para-hydroxylation sites is 1. The van der Waals surface area contributed by atoms with Crippen molar-refractivity contribution in [1.82, 2.24) is 19.1 Å². The summed E-state index contributed by atoms with van der Waals surface area (Å²) in [6, 6.07) is 40.4. The van der Waals surface area contributed by atoms with Crippen LogP contribution in [0.15, 0.2) is 140 Å². The zero-order valence-corrected chi connectivity index (χ0v) is 30.4. The monoisotopic (exact) mass is 683 g/mol. The van der Waals surface area contributed by atoms with E-state index in [9.17, 15) is 0 Å². The van der Waals surface area contributed by atoms with Gasteiger partial charge in [0.15, 0.2) is 5.82 Å². The first kappa shape index (κ1) is 30.8. The van der Waals surface area contributed by atoms with E-state index >= 15 is 0 Å². The molecule has 0 aliphatic heterocycles. The maximum Gasteiger partial charge on any atom is 0.270 e. The zero-order valence-electron chi connectivity index (χ0n) is 32.4. The highest BCUT2D eigenvalue weighted by atomic mass is 16.5. The molecule has 0 atom stereocenters. The summed E-state index contributed by atoms with van der Waals surface area (Å²) in [6.07, 6.45) is 7.56. The summed E-state index contributed by atoms with van der Waals surface area (Å²) in [5, 5.41) is 2.27. The molecule has 6 heteroatoms. The summed E-state index contributed by atoms with van der Waals surface area (Å²) < 4.78 is 30.4. The number of pyridine rings is 2. The molecule has 0 spiro atoms. The number of benzene rings is 4. The fourth-order valence-electron chi connectivity index (χ4n) is 6.65. The minimum atomic E-state index is -1.55. The van der Waals surface area contributed by atoms with Crippen molar-refractivity contribution in [2.45, 2.75) is 53.3 Å². The Morgan fingerprint density at radius 3 is 2.23 bits per heavy atom. The molecular formula is C46H43N5O. The van der Waals surface area contributed by atoms with Crippen LogP contribution in [0.2, 0.25) is 0 Å². The summed E-state index contributed by atoms with van der Waals surface area (Å²) >= 11 is 0. The first-order valence-electron chi connectivity index (χ1n) is 18.7. The van der Waals surface area contributed by atoms with Crippen LogP contribution >= 0.6 is 0 Å². The van der Waals surface area contributed by atoms with E-state index in [1.165, 1.54) is 5.56 Å². The molecule has 0 amide bonds. The summed E-state index contributed by atoms with van der Waals surface area (Å²) in [5.74, 6) is 2.81. The van der Waals surface area contributed by atoms with Crippen LogP contribution in [0, 0.1) is 11.7 Å². The highest BCUT2D eigenvalue weighted by molar-refractivity contribution is 6.09. The third-order valence-corrected chi connectivity index (χ3v) is 9.08. The molecule has 0 aliphatic carbocycles. The summed E-state index contributed by atoms with van der Waals surface area (Å²) in [4.78, 5) is 9.53. The Bertz CT molecular complexity index is 2650. The largest absolute Gasteiger partial charge is 0.458 e. The number of hydrogen-bond donors (Lipinski definition) is 0. The minimum absolute atomic E-state index is 0.0197. The van der Waals surface area contributed by atoms with Gasteiger partial charge in [-0.05, 0) is 76.9 Å². The number of ether oxygens (including phenoxy) is 1. The molecule has 0 bridgehead atoms. The van der Waals surface area contributed by atoms with Gasteiger partial charge in [0.1, 0.15) is 17.3 Å². The van der Waals surface area contributed by atoms with Crippen LogP contribution in [0.1, 0.15) is 55.4 Å². The minimum Gasteiger partial charge on any atom is -0.458 e. The number of rotatable bonds is 7. The number of imidazole rings is 1. The number of aromatic nitrogens is 5. The van der Waals surface area contributed by atoms with Crippen molar-refractivity contribution in [3.05, 3.63) is 157 Å². The highest BCUT2D eigenvalue weighted by Crippen LogP contribution is 2.36. The molecule has 0 unspecified atom stereocenters. The molecule has 4 heterocycles. The first-order chi connectivity index (χ1) is 25.8. The van der Waals surface area contributed by atoms with Crippen molar-refractivity contribution in [3.63, 3.8) is 0 Å². The van der Waals surface area contributed by atoms with Gasteiger partial charge < -0.3 is 4.74 Å². The Morgan fingerprint density at radius 2 is 1.42 bits per heavy atom. The fourth-order valence-corrected chi connectivity index (χ4v) is 6.65. The quantitative estimate of drug-likeness (QED) is 0.124. The molecule has 4 aromatic heterocycles. The van der Waals surface area contributed by atoms with Crippen LogP contribution in [-0.4, -0.2) is 19.1 Å². The fraction of sp³-hybridized carbons (Fsp3) is 0.196. The van der Waals surface area contributed by atoms with Crippen molar-refractivity contribution in [1.29, 1.82) is 0 Å². The van der Waals surface area contributed by atoms with E-state index in [4.69, 9.17) is 17.4 Å². The predicted octanol–water partition coefficient (Wildman–Crippen LogP) is 10.8. The smallest absolute Gasteiger partial charge is 0.270 e. The lowest BCUT2D eigenvalue weighted by Crippen LogP contribution is -2.31. The normalized spacial score (nSPS) is 13.0. The van der Waals surface area contributed by atoms with Gasteiger partial charge in [0.05, 0.1) is 22.4 Å². The molecular weight excluding hydrogens is 639 g/mol. The number of nitrogens with zero attached hydrogens (tertiary/aromatic N) is 5. The molecule has 0 saturated heterocycles. The van der Waals surface area contributed by atoms with E-state index in [1.54, 1.807) is 6.20 Å². The van der Waals surface area contributed by atoms with Crippen molar-refractivity contribution in [3.8, 4) is 40.1 Å². The lowest BCUT2D eigenvalue weighted by atomic mass is 9.88. The Balaban J connectivity index is 1.18. The van der Waals surface area contributed by atoms with Crippen LogP contribution < -0.4 is 9.30 Å². The molecule has 52 heavy (non-hydrogen) atoms. The van der Waals surface area contributed by atoms with E-state index in [0.717, 1.165) is 44.6 Å². The zero-order chi connectivity index (χ0) is 37.8. The van der Waals surface area contributed by atoms with Crippen molar-refractivity contribution >= 4 is 21.8 Å². The van der Waals surface area contributed by atoms with Gasteiger partial charge in [-0.15, -0.1) is 0 Å². The van der Waals surface area contributed by atoms with Crippen molar-refractivity contribution < 1.29 is 12.0 Å². The van der Waals surface area contributed by atoms with Gasteiger partial charge in [-0.25, -0.2) is 4.98 Å². The van der Waals surface area contributed by atoms with Gasteiger partial charge >= 0.3 is 0 Å². The van der Waals surface area contributed by atoms with Crippen molar-refractivity contribution in [2.24, 2.45) is 5.41 Å².